The van der Waals surface area contributed by atoms with E-state index in [1.807, 2.05) is 6.07 Å². The van der Waals surface area contributed by atoms with Crippen LogP contribution in [0.5, 0.6) is 0 Å². The van der Waals surface area contributed by atoms with Crippen molar-refractivity contribution in [3.05, 3.63) is 105 Å². The molecular formula is C31H29F4NO2. The summed E-state index contributed by atoms with van der Waals surface area (Å²) < 4.78 is 57.1. The van der Waals surface area contributed by atoms with Gasteiger partial charge in [-0.1, -0.05) is 30.3 Å². The molecule has 1 aliphatic carbocycles. The minimum Gasteiger partial charge on any atom is -0.478 e. The molecule has 5 rings (SSSR count). The second-order valence-electron chi connectivity index (χ2n) is 10.2. The van der Waals surface area contributed by atoms with E-state index in [1.165, 1.54) is 24.3 Å². The Morgan fingerprint density at radius 3 is 2.50 bits per heavy atom. The van der Waals surface area contributed by atoms with Crippen molar-refractivity contribution in [2.75, 3.05) is 26.3 Å². The van der Waals surface area contributed by atoms with Gasteiger partial charge in [0.1, 0.15) is 5.82 Å². The molecule has 0 aromatic heterocycles. The number of carboxylic acid groups (broad SMARTS) is 1. The lowest BCUT2D eigenvalue weighted by Gasteiger charge is -2.39. The molecule has 3 aromatic carbocycles. The van der Waals surface area contributed by atoms with Gasteiger partial charge in [-0.3, -0.25) is 4.39 Å². The molecule has 0 saturated carbocycles. The molecule has 1 saturated heterocycles. The molecule has 1 aliphatic heterocycles. The zero-order valence-electron chi connectivity index (χ0n) is 21.0. The van der Waals surface area contributed by atoms with E-state index in [2.05, 4.69) is 4.90 Å². The SMILES string of the molecule is O=C(O)c1ccc2c(c1)CCCC(c1cccc(F)c1F)=C2c1ccc(CC2CN(CCCF)C2)c(F)c1. The Kier molecular flexibility index (Phi) is 7.65. The molecular weight excluding hydrogens is 494 g/mol. The second-order valence-corrected chi connectivity index (χ2v) is 10.2. The van der Waals surface area contributed by atoms with Gasteiger partial charge in [-0.25, -0.2) is 18.0 Å². The Labute approximate surface area is 219 Å². The minimum absolute atomic E-state index is 0.127. The number of nitrogens with zero attached hydrogens (tertiary/aromatic N) is 1. The lowest BCUT2D eigenvalue weighted by atomic mass is 9.85. The van der Waals surface area contributed by atoms with E-state index in [0.717, 1.165) is 24.7 Å². The number of halogens is 4. The molecule has 1 fully saturated rings. The highest BCUT2D eigenvalue weighted by molar-refractivity contribution is 6.00. The van der Waals surface area contributed by atoms with Crippen molar-refractivity contribution in [3.63, 3.8) is 0 Å². The number of likely N-dealkylation sites (tertiary alicyclic amines) is 1. The Hall–Kier alpha value is -3.45. The molecule has 0 unspecified atom stereocenters. The molecule has 0 spiro atoms. The number of carbonyl (C=O) groups is 1. The Bertz CT molecular complexity index is 1390. The van der Waals surface area contributed by atoms with Crippen LogP contribution in [0.1, 0.15) is 57.4 Å². The standard InChI is InChI=1S/C31H29F4NO2/c32-12-3-13-36-17-19(18-36)14-21-8-9-22(16-28(21)34)29-24-11-10-23(31(37)38)15-20(24)4-1-5-25(29)26-6-2-7-27(33)30(26)35/h2,6-11,15-16,19H,1,3-5,12-14,17-18H2,(H,37,38). The van der Waals surface area contributed by atoms with Crippen LogP contribution < -0.4 is 0 Å². The van der Waals surface area contributed by atoms with E-state index in [0.29, 0.717) is 72.4 Å². The number of aromatic carboxylic acids is 1. The summed E-state index contributed by atoms with van der Waals surface area (Å²) in [6.45, 7) is 2.00. The zero-order valence-corrected chi connectivity index (χ0v) is 21.0. The lowest BCUT2D eigenvalue weighted by molar-refractivity contribution is 0.0696. The normalized spacial score (nSPS) is 16.2. The van der Waals surface area contributed by atoms with Crippen molar-refractivity contribution < 1.29 is 27.5 Å². The number of hydrogen-bond acceptors (Lipinski definition) is 2. The molecule has 198 valence electrons. The summed E-state index contributed by atoms with van der Waals surface area (Å²) >= 11 is 0. The molecule has 3 aromatic rings. The predicted octanol–water partition coefficient (Wildman–Crippen LogP) is 6.93. The molecule has 0 amide bonds. The third-order valence-electron chi connectivity index (χ3n) is 7.56. The highest BCUT2D eigenvalue weighted by Gasteiger charge is 2.28. The average Bonchev–Trinajstić information content (AvgIpc) is 3.06. The number of fused-ring (bicyclic) bond motifs is 1. The number of allylic oxidation sites excluding steroid dienone is 1. The van der Waals surface area contributed by atoms with E-state index in [1.54, 1.807) is 18.2 Å². The first-order chi connectivity index (χ1) is 18.4. The van der Waals surface area contributed by atoms with Gasteiger partial charge in [-0.05, 0) is 95.7 Å². The summed E-state index contributed by atoms with van der Waals surface area (Å²) in [6, 6.07) is 13.8. The highest BCUT2D eigenvalue weighted by Crippen LogP contribution is 2.41. The Balaban J connectivity index is 1.55. The molecule has 3 nitrogen and oxygen atoms in total. The summed E-state index contributed by atoms with van der Waals surface area (Å²) in [7, 11) is 0. The van der Waals surface area contributed by atoms with Crippen molar-refractivity contribution >= 4 is 17.1 Å². The maximum Gasteiger partial charge on any atom is 0.335 e. The van der Waals surface area contributed by atoms with Crippen LogP contribution >= 0.6 is 0 Å². The summed E-state index contributed by atoms with van der Waals surface area (Å²) in [5, 5.41) is 9.49. The highest BCUT2D eigenvalue weighted by atomic mass is 19.2. The predicted molar refractivity (Wildman–Crippen MR) is 139 cm³/mol. The van der Waals surface area contributed by atoms with Gasteiger partial charge in [0.05, 0.1) is 12.2 Å². The van der Waals surface area contributed by atoms with Crippen molar-refractivity contribution in [3.8, 4) is 0 Å². The molecule has 1 heterocycles. The van der Waals surface area contributed by atoms with Gasteiger partial charge < -0.3 is 10.0 Å². The fourth-order valence-electron chi connectivity index (χ4n) is 5.71. The number of alkyl halides is 1. The summed E-state index contributed by atoms with van der Waals surface area (Å²) in [6.07, 6.45) is 2.66. The monoisotopic (exact) mass is 523 g/mol. The average molecular weight is 524 g/mol. The van der Waals surface area contributed by atoms with Crippen LogP contribution in [-0.2, 0) is 12.8 Å². The van der Waals surface area contributed by atoms with Crippen molar-refractivity contribution in [2.45, 2.75) is 32.1 Å². The summed E-state index contributed by atoms with van der Waals surface area (Å²) in [5.41, 5.74) is 4.02. The van der Waals surface area contributed by atoms with Crippen molar-refractivity contribution in [1.29, 1.82) is 0 Å². The number of aryl methyl sites for hydroxylation is 1. The van der Waals surface area contributed by atoms with Gasteiger partial charge in [-0.2, -0.15) is 0 Å². The van der Waals surface area contributed by atoms with Crippen LogP contribution in [0.25, 0.3) is 11.1 Å². The van der Waals surface area contributed by atoms with Gasteiger partial charge >= 0.3 is 5.97 Å². The maximum absolute atomic E-state index is 15.4. The Morgan fingerprint density at radius 2 is 1.76 bits per heavy atom. The van der Waals surface area contributed by atoms with Crippen molar-refractivity contribution in [2.24, 2.45) is 5.92 Å². The van der Waals surface area contributed by atoms with Gasteiger partial charge in [0.15, 0.2) is 11.6 Å². The first kappa shape index (κ1) is 26.2. The van der Waals surface area contributed by atoms with Gasteiger partial charge in [0.25, 0.3) is 0 Å². The van der Waals surface area contributed by atoms with Crippen LogP contribution in [0.15, 0.2) is 54.6 Å². The van der Waals surface area contributed by atoms with Gasteiger partial charge in [0.2, 0.25) is 0 Å². The second kappa shape index (κ2) is 11.1. The number of carboxylic acids is 1. The quantitative estimate of drug-likeness (QED) is 0.326. The lowest BCUT2D eigenvalue weighted by Crippen LogP contribution is -2.48. The Morgan fingerprint density at radius 1 is 0.947 bits per heavy atom. The third-order valence-corrected chi connectivity index (χ3v) is 7.56. The number of rotatable bonds is 8. The van der Waals surface area contributed by atoms with E-state index in [4.69, 9.17) is 0 Å². The van der Waals surface area contributed by atoms with Crippen LogP contribution in [0.4, 0.5) is 17.6 Å². The molecule has 7 heteroatoms. The summed E-state index contributed by atoms with van der Waals surface area (Å²) in [4.78, 5) is 13.8. The largest absolute Gasteiger partial charge is 0.478 e. The smallest absolute Gasteiger partial charge is 0.335 e. The van der Waals surface area contributed by atoms with E-state index in [9.17, 15) is 18.7 Å². The van der Waals surface area contributed by atoms with Crippen molar-refractivity contribution in [1.82, 2.24) is 4.90 Å². The molecule has 38 heavy (non-hydrogen) atoms. The fourth-order valence-corrected chi connectivity index (χ4v) is 5.71. The minimum atomic E-state index is -1.05. The van der Waals surface area contributed by atoms with E-state index < -0.39 is 17.6 Å². The van der Waals surface area contributed by atoms with E-state index in [-0.39, 0.29) is 23.6 Å². The zero-order chi connectivity index (χ0) is 26.8. The summed E-state index contributed by atoms with van der Waals surface area (Å²) in [5.74, 6) is -3.02. The van der Waals surface area contributed by atoms with Crippen LogP contribution in [-0.4, -0.2) is 42.3 Å². The van der Waals surface area contributed by atoms with Crippen LogP contribution in [0, 0.1) is 23.4 Å². The van der Waals surface area contributed by atoms with Gasteiger partial charge in [-0.15, -0.1) is 0 Å². The number of hydrogen-bond donors (Lipinski definition) is 1. The van der Waals surface area contributed by atoms with Crippen LogP contribution in [0.3, 0.4) is 0 Å². The maximum atomic E-state index is 15.4. The van der Waals surface area contributed by atoms with Crippen LogP contribution in [0.2, 0.25) is 0 Å². The molecule has 0 atom stereocenters. The number of benzene rings is 3. The van der Waals surface area contributed by atoms with E-state index >= 15 is 8.78 Å². The molecule has 0 radical (unpaired) electrons. The fraction of sp³-hybridized carbons (Fsp3) is 0.323. The molecule has 0 bridgehead atoms. The molecule has 2 aliphatic rings. The van der Waals surface area contributed by atoms with Gasteiger partial charge in [0, 0.05) is 25.2 Å². The first-order valence-electron chi connectivity index (χ1n) is 13.0. The topological polar surface area (TPSA) is 40.5 Å². The molecule has 1 N–H and O–H groups in total. The first-order valence-corrected chi connectivity index (χ1v) is 13.0. The third kappa shape index (κ3) is 5.25.